The molecular weight excluding hydrogens is 509 g/mol. The van der Waals surface area contributed by atoms with E-state index in [4.69, 9.17) is 32.7 Å². The molecule has 33 heavy (non-hydrogen) atoms. The molecule has 0 aliphatic carbocycles. The monoisotopic (exact) mass is 529 g/mol. The van der Waals surface area contributed by atoms with Gasteiger partial charge in [-0.15, -0.1) is 10.2 Å². The number of hydrogen-bond acceptors (Lipinski definition) is 9. The SMILES string of the molecule is CCOC(=O)c1sc(NC(=O)CSc2nnc(C(C)Oc3cc(Cl)ccc3Cl)n2C)nc1C. The summed E-state index contributed by atoms with van der Waals surface area (Å²) in [7, 11) is 1.78. The molecule has 0 fully saturated rings. The number of amides is 1. The second kappa shape index (κ2) is 11.2. The molecule has 3 aromatic rings. The zero-order chi connectivity index (χ0) is 24.1. The minimum atomic E-state index is -0.457. The number of ether oxygens (including phenoxy) is 2. The molecule has 0 radical (unpaired) electrons. The molecule has 1 atom stereocenters. The Balaban J connectivity index is 1.59. The van der Waals surface area contributed by atoms with E-state index >= 15 is 0 Å². The van der Waals surface area contributed by atoms with Gasteiger partial charge in [0, 0.05) is 18.1 Å². The van der Waals surface area contributed by atoms with Gasteiger partial charge in [0.2, 0.25) is 5.91 Å². The Morgan fingerprint density at radius 3 is 2.79 bits per heavy atom. The summed E-state index contributed by atoms with van der Waals surface area (Å²) < 4.78 is 12.6. The topological polar surface area (TPSA) is 108 Å². The third-order valence-corrected chi connectivity index (χ3v) is 6.89. The van der Waals surface area contributed by atoms with Crippen molar-refractivity contribution in [2.24, 2.45) is 7.05 Å². The highest BCUT2D eigenvalue weighted by Gasteiger charge is 2.20. The van der Waals surface area contributed by atoms with E-state index in [0.717, 1.165) is 11.3 Å². The van der Waals surface area contributed by atoms with Gasteiger partial charge in [-0.05, 0) is 32.9 Å². The Morgan fingerprint density at radius 2 is 2.06 bits per heavy atom. The Kier molecular flexibility index (Phi) is 8.57. The number of esters is 1. The molecule has 0 bridgehead atoms. The summed E-state index contributed by atoms with van der Waals surface area (Å²) in [5.74, 6) is 0.333. The van der Waals surface area contributed by atoms with Crippen molar-refractivity contribution in [3.8, 4) is 5.75 Å². The highest BCUT2D eigenvalue weighted by Crippen LogP contribution is 2.32. The van der Waals surface area contributed by atoms with Crippen molar-refractivity contribution in [1.82, 2.24) is 19.7 Å². The van der Waals surface area contributed by atoms with Gasteiger partial charge in [0.25, 0.3) is 0 Å². The minimum Gasteiger partial charge on any atom is -0.481 e. The van der Waals surface area contributed by atoms with Crippen molar-refractivity contribution in [2.45, 2.75) is 32.0 Å². The van der Waals surface area contributed by atoms with Gasteiger partial charge in [0.1, 0.15) is 10.6 Å². The highest BCUT2D eigenvalue weighted by molar-refractivity contribution is 7.99. The van der Waals surface area contributed by atoms with Crippen LogP contribution in [0.1, 0.15) is 41.1 Å². The zero-order valence-electron chi connectivity index (χ0n) is 18.2. The molecular formula is C20H21Cl2N5O4S2. The lowest BCUT2D eigenvalue weighted by Crippen LogP contribution is -2.14. The first-order chi connectivity index (χ1) is 15.7. The third kappa shape index (κ3) is 6.38. The standard InChI is InChI=1S/C20H21Cl2N5O4S2/c1-5-30-18(29)16-10(2)23-19(33-16)24-15(28)9-32-20-26-25-17(27(20)4)11(3)31-14-8-12(21)6-7-13(14)22/h6-8,11H,5,9H2,1-4H3,(H,23,24,28). The molecule has 9 nitrogen and oxygen atoms in total. The fourth-order valence-corrected chi connectivity index (χ4v) is 4.66. The first kappa shape index (κ1) is 25.3. The molecule has 13 heteroatoms. The number of carbonyl (C=O) groups is 2. The van der Waals surface area contributed by atoms with E-state index in [-0.39, 0.29) is 18.3 Å². The molecule has 1 unspecified atom stereocenters. The molecule has 1 N–H and O–H groups in total. The number of halogens is 2. The maximum absolute atomic E-state index is 12.4. The molecule has 0 spiro atoms. The van der Waals surface area contributed by atoms with Crippen molar-refractivity contribution in [1.29, 1.82) is 0 Å². The van der Waals surface area contributed by atoms with E-state index in [2.05, 4.69) is 20.5 Å². The second-order valence-electron chi connectivity index (χ2n) is 6.73. The maximum atomic E-state index is 12.4. The lowest BCUT2D eigenvalue weighted by molar-refractivity contribution is -0.113. The predicted octanol–water partition coefficient (Wildman–Crippen LogP) is 4.93. The average molecular weight is 530 g/mol. The van der Waals surface area contributed by atoms with E-state index in [9.17, 15) is 9.59 Å². The van der Waals surface area contributed by atoms with Gasteiger partial charge in [0.05, 0.1) is 23.1 Å². The summed E-state index contributed by atoms with van der Waals surface area (Å²) in [5.41, 5.74) is 0.508. The largest absolute Gasteiger partial charge is 0.481 e. The number of rotatable bonds is 9. The van der Waals surface area contributed by atoms with E-state index in [1.54, 1.807) is 43.7 Å². The van der Waals surface area contributed by atoms with E-state index in [1.165, 1.54) is 11.8 Å². The van der Waals surface area contributed by atoms with E-state index in [1.807, 2.05) is 6.92 Å². The smallest absolute Gasteiger partial charge is 0.350 e. The predicted molar refractivity (Wildman–Crippen MR) is 129 cm³/mol. The van der Waals surface area contributed by atoms with Crippen molar-refractivity contribution < 1.29 is 19.1 Å². The summed E-state index contributed by atoms with van der Waals surface area (Å²) in [5, 5.41) is 12.8. The zero-order valence-corrected chi connectivity index (χ0v) is 21.4. The van der Waals surface area contributed by atoms with Crippen molar-refractivity contribution in [3.63, 3.8) is 0 Å². The molecule has 0 aliphatic heterocycles. The molecule has 3 rings (SSSR count). The van der Waals surface area contributed by atoms with Crippen LogP contribution in [0.5, 0.6) is 5.75 Å². The van der Waals surface area contributed by atoms with Crippen LogP contribution in [-0.4, -0.2) is 44.0 Å². The van der Waals surface area contributed by atoms with Gasteiger partial charge in [0.15, 0.2) is 22.2 Å². The van der Waals surface area contributed by atoms with Gasteiger partial charge in [-0.3, -0.25) is 4.79 Å². The van der Waals surface area contributed by atoms with Gasteiger partial charge >= 0.3 is 5.97 Å². The molecule has 1 amide bonds. The van der Waals surface area contributed by atoms with Crippen LogP contribution < -0.4 is 10.1 Å². The number of thioether (sulfide) groups is 1. The Labute approximate surface area is 208 Å². The first-order valence-corrected chi connectivity index (χ1v) is 12.3. The van der Waals surface area contributed by atoms with Gasteiger partial charge in [-0.25, -0.2) is 9.78 Å². The fourth-order valence-electron chi connectivity index (χ4n) is 2.74. The first-order valence-electron chi connectivity index (χ1n) is 9.77. The number of nitrogens with zero attached hydrogens (tertiary/aromatic N) is 4. The summed E-state index contributed by atoms with van der Waals surface area (Å²) in [6.45, 7) is 5.50. The van der Waals surface area contributed by atoms with E-state index < -0.39 is 12.1 Å². The van der Waals surface area contributed by atoms with Crippen LogP contribution in [0.3, 0.4) is 0 Å². The lowest BCUT2D eigenvalue weighted by Gasteiger charge is -2.15. The molecule has 1 aromatic carbocycles. The van der Waals surface area contributed by atoms with Gasteiger partial charge in [-0.2, -0.15) is 0 Å². The van der Waals surface area contributed by atoms with Crippen LogP contribution in [0.25, 0.3) is 0 Å². The summed E-state index contributed by atoms with van der Waals surface area (Å²) in [6, 6.07) is 4.96. The van der Waals surface area contributed by atoms with Gasteiger partial charge in [-0.1, -0.05) is 46.3 Å². The van der Waals surface area contributed by atoms with Crippen LogP contribution in [0.15, 0.2) is 23.4 Å². The van der Waals surface area contributed by atoms with Crippen LogP contribution in [0, 0.1) is 6.92 Å². The van der Waals surface area contributed by atoms with Crippen molar-refractivity contribution in [2.75, 3.05) is 17.7 Å². The number of hydrogen-bond donors (Lipinski definition) is 1. The Morgan fingerprint density at radius 1 is 1.30 bits per heavy atom. The molecule has 2 heterocycles. The minimum absolute atomic E-state index is 0.0781. The highest BCUT2D eigenvalue weighted by atomic mass is 35.5. The van der Waals surface area contributed by atoms with Crippen molar-refractivity contribution in [3.05, 3.63) is 44.6 Å². The maximum Gasteiger partial charge on any atom is 0.350 e. The quantitative estimate of drug-likeness (QED) is 0.306. The summed E-state index contributed by atoms with van der Waals surface area (Å²) in [6.07, 6.45) is -0.457. The van der Waals surface area contributed by atoms with Crippen LogP contribution >= 0.6 is 46.3 Å². The van der Waals surface area contributed by atoms with Crippen molar-refractivity contribution >= 4 is 63.3 Å². The summed E-state index contributed by atoms with van der Waals surface area (Å²) in [4.78, 5) is 28.9. The number of anilines is 1. The molecule has 0 aliphatic rings. The number of nitrogens with one attached hydrogen (secondary N) is 1. The Bertz CT molecular complexity index is 1170. The number of aryl methyl sites for hydroxylation is 1. The van der Waals surface area contributed by atoms with Crippen LogP contribution in [0.2, 0.25) is 10.0 Å². The second-order valence-corrected chi connectivity index (χ2v) is 9.51. The third-order valence-electron chi connectivity index (χ3n) is 4.27. The average Bonchev–Trinajstić information content (AvgIpc) is 3.31. The lowest BCUT2D eigenvalue weighted by atomic mass is 10.3. The normalized spacial score (nSPS) is 11.8. The number of thiazole rings is 1. The number of aromatic nitrogens is 4. The van der Waals surface area contributed by atoms with Crippen LogP contribution in [-0.2, 0) is 16.6 Å². The molecule has 0 saturated carbocycles. The molecule has 176 valence electrons. The Hall–Kier alpha value is -2.34. The molecule has 2 aromatic heterocycles. The molecule has 0 saturated heterocycles. The van der Waals surface area contributed by atoms with Crippen LogP contribution in [0.4, 0.5) is 5.13 Å². The van der Waals surface area contributed by atoms with Gasteiger partial charge < -0.3 is 19.4 Å². The fraction of sp³-hybridized carbons (Fsp3) is 0.350. The number of benzene rings is 1. The van der Waals surface area contributed by atoms with E-state index in [0.29, 0.717) is 42.5 Å². The summed E-state index contributed by atoms with van der Waals surface area (Å²) >= 11 is 14.5. The number of carbonyl (C=O) groups excluding carboxylic acids is 2.